The fourth-order valence-corrected chi connectivity index (χ4v) is 4.41. The third-order valence-electron chi connectivity index (χ3n) is 5.28. The molecule has 0 unspecified atom stereocenters. The van der Waals surface area contributed by atoms with E-state index >= 15 is 0 Å². The van der Waals surface area contributed by atoms with Crippen molar-refractivity contribution in [1.82, 2.24) is 10.2 Å². The Hall–Kier alpha value is -2.65. The van der Waals surface area contributed by atoms with Crippen LogP contribution in [0.3, 0.4) is 0 Å². The molecule has 0 aliphatic rings. The van der Waals surface area contributed by atoms with Gasteiger partial charge in [-0.05, 0) is 54.8 Å². The first-order valence-corrected chi connectivity index (χ1v) is 13.3. The molecule has 2 amide bonds. The lowest BCUT2D eigenvalue weighted by atomic mass is 10.1. The van der Waals surface area contributed by atoms with E-state index in [1.807, 2.05) is 6.92 Å². The largest absolute Gasteiger partial charge is 0.354 e. The van der Waals surface area contributed by atoms with E-state index in [1.165, 1.54) is 17.0 Å². The van der Waals surface area contributed by atoms with Crippen LogP contribution in [0, 0.1) is 5.82 Å². The first-order chi connectivity index (χ1) is 16.1. The SMILES string of the molecule is CCCCNC(=O)[C@@H](CC)N(Cc1ccc(Cl)cc1)C(=O)CN(c1ccc(F)cc1)S(C)(=O)=O. The fraction of sp³-hybridized carbons (Fsp3) is 0.417. The Morgan fingerprint density at radius 1 is 1.06 bits per heavy atom. The number of carbonyl (C=O) groups is 2. The summed E-state index contributed by atoms with van der Waals surface area (Å²) in [6.45, 7) is 3.85. The van der Waals surface area contributed by atoms with Crippen LogP contribution in [0.2, 0.25) is 5.02 Å². The van der Waals surface area contributed by atoms with E-state index in [-0.39, 0.29) is 18.1 Å². The van der Waals surface area contributed by atoms with E-state index in [9.17, 15) is 22.4 Å². The van der Waals surface area contributed by atoms with Crippen molar-refractivity contribution in [3.63, 3.8) is 0 Å². The second-order valence-corrected chi connectivity index (χ2v) is 10.3. The predicted molar refractivity (Wildman–Crippen MR) is 133 cm³/mol. The van der Waals surface area contributed by atoms with Crippen molar-refractivity contribution in [2.24, 2.45) is 0 Å². The highest BCUT2D eigenvalue weighted by molar-refractivity contribution is 7.92. The predicted octanol–water partition coefficient (Wildman–Crippen LogP) is 3.97. The number of hydrogen-bond acceptors (Lipinski definition) is 4. The standard InChI is InChI=1S/C24H31ClFN3O4S/c1-4-6-15-27-24(31)22(5-2)28(16-18-7-9-19(25)10-8-18)23(30)17-29(34(3,32)33)21-13-11-20(26)12-14-21/h7-14,22H,4-6,15-17H2,1-3H3,(H,27,31)/t22-/m1/s1. The topological polar surface area (TPSA) is 86.8 Å². The maximum Gasteiger partial charge on any atom is 0.244 e. The third-order valence-corrected chi connectivity index (χ3v) is 6.67. The average Bonchev–Trinajstić information content (AvgIpc) is 2.78. The number of rotatable bonds is 12. The molecule has 2 aromatic carbocycles. The lowest BCUT2D eigenvalue weighted by Crippen LogP contribution is -2.52. The van der Waals surface area contributed by atoms with Crippen LogP contribution in [0.25, 0.3) is 0 Å². The van der Waals surface area contributed by atoms with Crippen LogP contribution in [0.1, 0.15) is 38.7 Å². The summed E-state index contributed by atoms with van der Waals surface area (Å²) in [7, 11) is -3.86. The van der Waals surface area contributed by atoms with Crippen LogP contribution < -0.4 is 9.62 Å². The molecule has 10 heteroatoms. The first-order valence-electron chi connectivity index (χ1n) is 11.1. The van der Waals surface area contributed by atoms with Gasteiger partial charge in [0, 0.05) is 18.1 Å². The van der Waals surface area contributed by atoms with Gasteiger partial charge >= 0.3 is 0 Å². The summed E-state index contributed by atoms with van der Waals surface area (Å²) in [5.74, 6) is -1.38. The molecule has 2 aromatic rings. The summed E-state index contributed by atoms with van der Waals surface area (Å²) in [6, 6.07) is 10.9. The number of carbonyl (C=O) groups excluding carboxylic acids is 2. The van der Waals surface area contributed by atoms with Crippen molar-refractivity contribution in [2.75, 3.05) is 23.7 Å². The summed E-state index contributed by atoms with van der Waals surface area (Å²) in [6.07, 6.45) is 3.03. The van der Waals surface area contributed by atoms with Crippen LogP contribution in [0.5, 0.6) is 0 Å². The molecule has 0 fully saturated rings. The van der Waals surface area contributed by atoms with Gasteiger partial charge in [0.05, 0.1) is 11.9 Å². The second kappa shape index (κ2) is 12.7. The van der Waals surface area contributed by atoms with Gasteiger partial charge in [-0.1, -0.05) is 44.0 Å². The van der Waals surface area contributed by atoms with Gasteiger partial charge in [-0.25, -0.2) is 12.8 Å². The van der Waals surface area contributed by atoms with E-state index in [4.69, 9.17) is 11.6 Å². The fourth-order valence-electron chi connectivity index (χ4n) is 3.43. The second-order valence-electron chi connectivity index (χ2n) is 7.96. The molecule has 0 bridgehead atoms. The molecule has 0 saturated carbocycles. The van der Waals surface area contributed by atoms with Crippen LogP contribution >= 0.6 is 11.6 Å². The number of unbranched alkanes of at least 4 members (excludes halogenated alkanes) is 1. The zero-order valence-electron chi connectivity index (χ0n) is 19.6. The van der Waals surface area contributed by atoms with Crippen molar-refractivity contribution >= 4 is 39.1 Å². The highest BCUT2D eigenvalue weighted by Crippen LogP contribution is 2.20. The molecule has 0 radical (unpaired) electrons. The van der Waals surface area contributed by atoms with E-state index in [0.717, 1.165) is 41.1 Å². The van der Waals surface area contributed by atoms with Gasteiger partial charge in [-0.3, -0.25) is 13.9 Å². The number of amides is 2. The molecule has 186 valence electrons. The quantitative estimate of drug-likeness (QED) is 0.437. The molecule has 1 N–H and O–H groups in total. The van der Waals surface area contributed by atoms with Crippen molar-refractivity contribution in [3.05, 3.63) is 64.9 Å². The van der Waals surface area contributed by atoms with Crippen LogP contribution in [-0.4, -0.2) is 50.5 Å². The number of hydrogen-bond donors (Lipinski definition) is 1. The van der Waals surface area contributed by atoms with Gasteiger partial charge in [0.1, 0.15) is 18.4 Å². The van der Waals surface area contributed by atoms with Crippen LogP contribution in [0.4, 0.5) is 10.1 Å². The normalized spacial score (nSPS) is 12.1. The smallest absolute Gasteiger partial charge is 0.244 e. The summed E-state index contributed by atoms with van der Waals surface area (Å²) in [5, 5.41) is 3.39. The maximum atomic E-state index is 13.5. The number of nitrogens with zero attached hydrogens (tertiary/aromatic N) is 2. The molecular weight excluding hydrogens is 481 g/mol. The van der Waals surface area contributed by atoms with E-state index in [2.05, 4.69) is 5.32 Å². The molecule has 0 aromatic heterocycles. The Labute approximate surface area is 205 Å². The molecule has 0 aliphatic carbocycles. The number of anilines is 1. The number of sulfonamides is 1. The molecule has 7 nitrogen and oxygen atoms in total. The number of benzene rings is 2. The Balaban J connectivity index is 2.37. The molecule has 0 spiro atoms. The Bertz CT molecular complexity index is 1060. The van der Waals surface area contributed by atoms with Crippen molar-refractivity contribution in [2.45, 2.75) is 45.7 Å². The van der Waals surface area contributed by atoms with E-state index in [0.29, 0.717) is 18.0 Å². The molecule has 34 heavy (non-hydrogen) atoms. The van der Waals surface area contributed by atoms with Gasteiger partial charge in [-0.15, -0.1) is 0 Å². The molecular formula is C24H31ClFN3O4S. The summed E-state index contributed by atoms with van der Waals surface area (Å²) in [4.78, 5) is 27.8. The Kier molecular flexibility index (Phi) is 10.3. The molecule has 2 rings (SSSR count). The molecule has 1 atom stereocenters. The summed E-state index contributed by atoms with van der Waals surface area (Å²) < 4.78 is 39.3. The van der Waals surface area contributed by atoms with Crippen molar-refractivity contribution in [1.29, 1.82) is 0 Å². The third kappa shape index (κ3) is 7.99. The van der Waals surface area contributed by atoms with Gasteiger partial charge < -0.3 is 10.2 Å². The zero-order chi connectivity index (χ0) is 25.3. The Morgan fingerprint density at radius 2 is 1.68 bits per heavy atom. The lowest BCUT2D eigenvalue weighted by Gasteiger charge is -2.33. The minimum absolute atomic E-state index is 0.0940. The molecule has 0 saturated heterocycles. The summed E-state index contributed by atoms with van der Waals surface area (Å²) in [5.41, 5.74) is 0.898. The van der Waals surface area contributed by atoms with Gasteiger partial charge in [-0.2, -0.15) is 0 Å². The number of halogens is 2. The number of nitrogens with one attached hydrogen (secondary N) is 1. The minimum Gasteiger partial charge on any atom is -0.354 e. The zero-order valence-corrected chi connectivity index (χ0v) is 21.2. The minimum atomic E-state index is -3.86. The molecule has 0 aliphatic heterocycles. The van der Waals surface area contributed by atoms with Gasteiger partial charge in [0.25, 0.3) is 0 Å². The Morgan fingerprint density at radius 3 is 2.21 bits per heavy atom. The van der Waals surface area contributed by atoms with Gasteiger partial charge in [0.15, 0.2) is 0 Å². The maximum absolute atomic E-state index is 13.5. The monoisotopic (exact) mass is 511 g/mol. The van der Waals surface area contributed by atoms with Crippen LogP contribution in [0.15, 0.2) is 48.5 Å². The highest BCUT2D eigenvalue weighted by Gasteiger charge is 2.31. The van der Waals surface area contributed by atoms with Crippen molar-refractivity contribution < 1.29 is 22.4 Å². The van der Waals surface area contributed by atoms with Crippen molar-refractivity contribution in [3.8, 4) is 0 Å². The summed E-state index contributed by atoms with van der Waals surface area (Å²) >= 11 is 5.98. The first kappa shape index (κ1) is 27.6. The van der Waals surface area contributed by atoms with Gasteiger partial charge in [0.2, 0.25) is 21.8 Å². The highest BCUT2D eigenvalue weighted by atomic mass is 35.5. The average molecular weight is 512 g/mol. The molecule has 0 heterocycles. The van der Waals surface area contributed by atoms with Crippen LogP contribution in [-0.2, 0) is 26.2 Å². The lowest BCUT2D eigenvalue weighted by molar-refractivity contribution is -0.140. The van der Waals surface area contributed by atoms with E-state index in [1.54, 1.807) is 31.2 Å². The van der Waals surface area contributed by atoms with E-state index < -0.39 is 34.3 Å².